The van der Waals surface area contributed by atoms with E-state index in [-0.39, 0.29) is 95.1 Å². The molecule has 20 N–H and O–H groups in total. The molecule has 56 heteroatoms. The summed E-state index contributed by atoms with van der Waals surface area (Å²) in [7, 11) is -32.7. The van der Waals surface area contributed by atoms with Crippen molar-refractivity contribution in [3.63, 3.8) is 0 Å². The first kappa shape index (κ1) is 91.7. The molecule has 0 radical (unpaired) electrons. The topological polar surface area (TPSA) is 727 Å². The van der Waals surface area contributed by atoms with E-state index in [4.69, 9.17) is 39.0 Å². The Labute approximate surface area is 610 Å². The maximum atomic E-state index is 12.6. The van der Waals surface area contributed by atoms with E-state index in [0.29, 0.717) is 11.5 Å². The lowest BCUT2D eigenvalue weighted by Crippen LogP contribution is -2.46. The highest BCUT2D eigenvalue weighted by atomic mass is 32.2. The number of phosphoric ester groups is 6. The van der Waals surface area contributed by atoms with Gasteiger partial charge in [0.25, 0.3) is 0 Å². The normalized spacial score (nSPS) is 22.3. The Morgan fingerprint density at radius 1 is 0.528 bits per heavy atom. The fraction of sp³-hybridized carbons (Fsp3) is 0.680. The predicted octanol–water partition coefficient (Wildman–Crippen LogP) is -1.36. The van der Waals surface area contributed by atoms with Gasteiger partial charge in [0, 0.05) is 73.2 Å². The molecule has 48 nitrogen and oxygen atoms in total. The largest absolute Gasteiger partial charge is 0.481 e. The molecule has 4 aromatic heterocycles. The monoisotopic (exact) mass is 1670 g/mol. The Bertz CT molecular complexity index is 3770. The molecule has 0 bridgehead atoms. The van der Waals surface area contributed by atoms with Gasteiger partial charge in [-0.3, -0.25) is 65.0 Å². The van der Waals surface area contributed by atoms with Gasteiger partial charge in [-0.25, -0.2) is 57.3 Å². The van der Waals surface area contributed by atoms with Gasteiger partial charge in [-0.1, -0.05) is 78.9 Å². The van der Waals surface area contributed by atoms with Crippen LogP contribution in [0.2, 0.25) is 0 Å². The lowest BCUT2D eigenvalue weighted by atomic mass is 9.87. The van der Waals surface area contributed by atoms with E-state index in [2.05, 4.69) is 68.8 Å². The molecular formula is C50H84N14O34P6S2. The van der Waals surface area contributed by atoms with Gasteiger partial charge in [0.05, 0.1) is 39.1 Å². The first-order valence-corrected chi connectivity index (χ1v) is 42.0. The van der Waals surface area contributed by atoms with Crippen LogP contribution in [0.3, 0.4) is 0 Å². The highest BCUT2D eigenvalue weighted by Crippen LogP contribution is 2.63. The molecule has 6 rings (SSSR count). The van der Waals surface area contributed by atoms with Gasteiger partial charge in [0.2, 0.25) is 23.6 Å². The summed E-state index contributed by atoms with van der Waals surface area (Å²) in [5.41, 5.74) is 8.52. The summed E-state index contributed by atoms with van der Waals surface area (Å²) in [4.78, 5) is 174. The Morgan fingerprint density at radius 3 is 1.18 bits per heavy atom. The number of carbonyl (C=O) groups is 6. The second-order valence-electron chi connectivity index (χ2n) is 24.8. The number of nitrogens with two attached hydrogens (primary N) is 2. The summed E-state index contributed by atoms with van der Waals surface area (Å²) in [6.45, 7) is 8.05. The van der Waals surface area contributed by atoms with Gasteiger partial charge in [-0.2, -0.15) is 8.62 Å². The number of hydrogen-bond acceptors (Lipinski definition) is 36. The molecule has 0 saturated carbocycles. The number of rotatable bonds is 40. The third-order valence-electron chi connectivity index (χ3n) is 14.4. The zero-order valence-electron chi connectivity index (χ0n) is 57.3. The van der Waals surface area contributed by atoms with Crippen LogP contribution in [0.1, 0.15) is 80.7 Å². The van der Waals surface area contributed by atoms with Gasteiger partial charge >= 0.3 is 46.9 Å². The number of imidazole rings is 2. The zero-order valence-corrected chi connectivity index (χ0v) is 64.3. The number of thioether (sulfide) groups is 2. The number of ether oxygens (including phenoxy) is 2. The number of fused-ring (bicyclic) bond motifs is 2. The second kappa shape index (κ2) is 38.9. The number of nitrogens with zero attached hydrogens (tertiary/aromatic N) is 8. The summed E-state index contributed by atoms with van der Waals surface area (Å²) >= 11 is 2.16. The average Bonchev–Trinajstić information content (AvgIpc) is 1.62. The van der Waals surface area contributed by atoms with Crippen LogP contribution in [0.4, 0.5) is 11.6 Å². The Kier molecular flexibility index (Phi) is 33.6. The lowest BCUT2D eigenvalue weighted by molar-refractivity contribution is -0.137. The maximum Gasteiger partial charge on any atom is 0.481 e. The number of nitrogens with one attached hydrogen (secondary N) is 4. The van der Waals surface area contributed by atoms with Crippen molar-refractivity contribution in [3.8, 4) is 0 Å². The molecule has 2 aliphatic rings. The van der Waals surface area contributed by atoms with E-state index in [1.807, 2.05) is 0 Å². The van der Waals surface area contributed by atoms with Crippen molar-refractivity contribution in [1.82, 2.24) is 60.3 Å². The number of aliphatic hydroxyl groups excluding tert-OH is 4. The van der Waals surface area contributed by atoms with Crippen LogP contribution < -0.4 is 32.7 Å². The van der Waals surface area contributed by atoms with Crippen LogP contribution in [0.5, 0.6) is 0 Å². The summed E-state index contributed by atoms with van der Waals surface area (Å²) in [6, 6.07) is 0. The fourth-order valence-electron chi connectivity index (χ4n) is 8.90. The van der Waals surface area contributed by atoms with Gasteiger partial charge < -0.3 is 102 Å². The molecular weight excluding hydrogens is 1590 g/mol. The predicted molar refractivity (Wildman–Crippen MR) is 364 cm³/mol. The van der Waals surface area contributed by atoms with Crippen molar-refractivity contribution >= 4 is 138 Å². The molecule has 4 aromatic rings. The molecule has 2 saturated heterocycles. The van der Waals surface area contributed by atoms with Crippen LogP contribution in [-0.2, 0) is 101 Å². The molecule has 14 atom stereocenters. The van der Waals surface area contributed by atoms with E-state index >= 15 is 0 Å². The molecule has 2 aliphatic heterocycles. The van der Waals surface area contributed by atoms with E-state index in [9.17, 15) is 116 Å². The Morgan fingerprint density at radius 2 is 0.858 bits per heavy atom. The number of phosphoric acid groups is 6. The van der Waals surface area contributed by atoms with Crippen LogP contribution in [0, 0.1) is 22.7 Å². The summed E-state index contributed by atoms with van der Waals surface area (Å²) in [6.07, 6.45) is -13.8. The molecule has 0 aliphatic carbocycles. The number of nitrogen functional groups attached to an aromatic ring is 2. The number of hydrogen-bond donors (Lipinski definition) is 18. The molecule has 2 fully saturated rings. The Balaban J connectivity index is 0.000000381. The van der Waals surface area contributed by atoms with Crippen LogP contribution in [-0.4, -0.2) is 245 Å². The molecule has 0 aromatic carbocycles. The standard InChI is InChI=1S/2C25H42N7O17P3S/c2*1-13(2)24(37)53-8-7-27-15(33)5-6-28-22(36)19(35)25(3,4)10-46-52(43,44)49-51(41,42)45-9-14-18(48-50(38,39)40)17(34)23(47-14)32-12-31-16-20(26)29-11-30-21(16)32/h2*11-14,17-19,23,34-35H,5-10H2,1-4H3,(H,27,33)(H,28,36)(H,41,42)(H,43,44)(H2,26,29,30)(H2,38,39,40)/t2*14-,17-,18-,19+,23-/m11/s1. The van der Waals surface area contributed by atoms with E-state index in [1.165, 1.54) is 27.7 Å². The van der Waals surface area contributed by atoms with E-state index in [1.54, 1.807) is 27.7 Å². The highest BCUT2D eigenvalue weighted by Gasteiger charge is 2.53. The number of aliphatic hydroxyl groups is 4. The minimum Gasteiger partial charge on any atom is -0.386 e. The van der Waals surface area contributed by atoms with Crippen LogP contribution in [0.25, 0.3) is 22.3 Å². The number of aromatic nitrogens is 8. The van der Waals surface area contributed by atoms with Crippen LogP contribution >= 0.6 is 70.5 Å². The van der Waals surface area contributed by atoms with Gasteiger partial charge in [0.15, 0.2) is 45.6 Å². The Hall–Kier alpha value is -4.88. The van der Waals surface area contributed by atoms with E-state index < -0.39 is 169 Å². The van der Waals surface area contributed by atoms with Crippen molar-refractivity contribution in [3.05, 3.63) is 25.3 Å². The summed E-state index contributed by atoms with van der Waals surface area (Å²) in [5.74, 6) is -2.45. The average molecular weight is 1680 g/mol. The molecule has 106 heavy (non-hydrogen) atoms. The molecule has 4 amide bonds. The number of amides is 4. The quantitative estimate of drug-likeness (QED) is 0.0181. The van der Waals surface area contributed by atoms with Crippen LogP contribution in [0.15, 0.2) is 25.3 Å². The fourth-order valence-corrected chi connectivity index (χ4v) is 16.0. The highest BCUT2D eigenvalue weighted by molar-refractivity contribution is 8.13. The summed E-state index contributed by atoms with van der Waals surface area (Å²) < 4.78 is 124. The molecule has 600 valence electrons. The third-order valence-corrected chi connectivity index (χ3v) is 23.0. The van der Waals surface area contributed by atoms with Crippen molar-refractivity contribution in [1.29, 1.82) is 0 Å². The smallest absolute Gasteiger partial charge is 0.386 e. The number of carbonyl (C=O) groups excluding carboxylic acids is 6. The van der Waals surface area contributed by atoms with Gasteiger partial charge in [-0.05, 0) is 0 Å². The maximum absolute atomic E-state index is 12.6. The molecule has 0 spiro atoms. The first-order chi connectivity index (χ1) is 48.9. The van der Waals surface area contributed by atoms with E-state index in [0.717, 1.165) is 58.0 Å². The minimum absolute atomic E-state index is 0.0174. The minimum atomic E-state index is -5.56. The van der Waals surface area contributed by atoms with Gasteiger partial charge in [-0.15, -0.1) is 0 Å². The SMILES string of the molecule is CC(C)C(=O)SCCNC(=O)CCNC(=O)[C@H](O)C(C)(C)COP(=O)(O)OP(=O)(O)OC[C@H]1O[C@@H](n2cnc3c(N)ncnc32)[C@H](O)[C@@H]1OP(=O)(O)O.CC(C)C(=O)SCCNC(=O)CCNC(=O)[C@H](O)C(C)(C)COP(=O)(O)OP(=O)(O)OC[C@H]1O[C@@H](n2cnc3c(N)ncnc32)[C@H](O)[C@@H]1OP(=O)(O)O. The number of anilines is 2. The zero-order chi connectivity index (χ0) is 79.9. The van der Waals surface area contributed by atoms with Gasteiger partial charge in [0.1, 0.15) is 72.5 Å². The van der Waals surface area contributed by atoms with Crippen molar-refractivity contribution in [2.45, 2.75) is 130 Å². The lowest BCUT2D eigenvalue weighted by Gasteiger charge is -2.30. The van der Waals surface area contributed by atoms with Crippen molar-refractivity contribution in [2.24, 2.45) is 22.7 Å². The first-order valence-electron chi connectivity index (χ1n) is 31.0. The molecule has 4 unspecified atom stereocenters. The summed E-state index contributed by atoms with van der Waals surface area (Å²) in [5, 5.41) is 52.5. The second-order valence-corrected chi connectivity index (χ2v) is 35.5. The van der Waals surface area contributed by atoms with Crippen molar-refractivity contribution < 1.29 is 161 Å². The van der Waals surface area contributed by atoms with Crippen molar-refractivity contribution in [2.75, 3.05) is 75.6 Å². The third kappa shape index (κ3) is 28.5. The molecule has 6 heterocycles.